The smallest absolute Gasteiger partial charge is 0.254 e. The highest BCUT2D eigenvalue weighted by atomic mass is 16.5. The lowest BCUT2D eigenvalue weighted by atomic mass is 9.95. The zero-order chi connectivity index (χ0) is 22.5. The number of rotatable bonds is 5. The van der Waals surface area contributed by atoms with E-state index >= 15 is 0 Å². The van der Waals surface area contributed by atoms with E-state index < -0.39 is 0 Å². The molecule has 2 aliphatic rings. The Morgan fingerprint density at radius 3 is 2.67 bits per heavy atom. The zero-order valence-corrected chi connectivity index (χ0v) is 19.0. The summed E-state index contributed by atoms with van der Waals surface area (Å²) in [4.78, 5) is 22.3. The lowest BCUT2D eigenvalue weighted by Gasteiger charge is -2.28. The minimum atomic E-state index is 0.106. The fourth-order valence-electron chi connectivity index (χ4n) is 4.89. The summed E-state index contributed by atoms with van der Waals surface area (Å²) in [5.41, 5.74) is 3.15. The topological polar surface area (TPSA) is 54.9 Å². The van der Waals surface area contributed by atoms with Crippen molar-refractivity contribution >= 4 is 16.7 Å². The molecule has 0 saturated carbocycles. The van der Waals surface area contributed by atoms with Gasteiger partial charge >= 0.3 is 0 Å². The summed E-state index contributed by atoms with van der Waals surface area (Å²) in [6, 6.07) is 16.5. The van der Waals surface area contributed by atoms with Gasteiger partial charge in [-0.25, -0.2) is 0 Å². The van der Waals surface area contributed by atoms with Gasteiger partial charge in [-0.15, -0.1) is 0 Å². The van der Waals surface area contributed by atoms with Gasteiger partial charge in [0.25, 0.3) is 5.91 Å². The molecule has 3 heterocycles. The average Bonchev–Trinajstić information content (AvgIpc) is 3.10. The first-order valence-electron chi connectivity index (χ1n) is 11.8. The average molecular weight is 446 g/mol. The summed E-state index contributed by atoms with van der Waals surface area (Å²) in [5.74, 6) is 0.350. The van der Waals surface area contributed by atoms with E-state index in [-0.39, 0.29) is 11.8 Å². The van der Waals surface area contributed by atoms with Crippen LogP contribution in [0, 0.1) is 5.92 Å². The van der Waals surface area contributed by atoms with Crippen molar-refractivity contribution in [2.45, 2.75) is 13.0 Å². The van der Waals surface area contributed by atoms with E-state index in [1.54, 1.807) is 0 Å². The van der Waals surface area contributed by atoms with Gasteiger partial charge in [-0.2, -0.15) is 0 Å². The second-order valence-electron chi connectivity index (χ2n) is 8.96. The second-order valence-corrected chi connectivity index (χ2v) is 8.96. The number of amides is 1. The number of aromatic nitrogens is 1. The Hall–Kier alpha value is -2.80. The number of nitrogens with zero attached hydrogens (tertiary/aromatic N) is 3. The van der Waals surface area contributed by atoms with E-state index in [4.69, 9.17) is 9.47 Å². The van der Waals surface area contributed by atoms with Crippen LogP contribution < -0.4 is 0 Å². The van der Waals surface area contributed by atoms with Gasteiger partial charge in [0, 0.05) is 62.0 Å². The van der Waals surface area contributed by atoms with Gasteiger partial charge in [0.2, 0.25) is 0 Å². The molecule has 6 nitrogen and oxygen atoms in total. The molecule has 5 rings (SSSR count). The van der Waals surface area contributed by atoms with Crippen LogP contribution in [0.5, 0.6) is 0 Å². The van der Waals surface area contributed by atoms with Crippen LogP contribution in [0.15, 0.2) is 60.9 Å². The van der Waals surface area contributed by atoms with E-state index in [1.807, 2.05) is 41.6 Å². The predicted octanol–water partition coefficient (Wildman–Crippen LogP) is 3.40. The first kappa shape index (κ1) is 22.0. The van der Waals surface area contributed by atoms with Gasteiger partial charge in [-0.05, 0) is 35.1 Å². The SMILES string of the molecule is O=C(c1ccccc1CN1CCOCC1)N1CCOCC(Cc2cccc3ccncc23)C1. The molecule has 1 amide bonds. The number of carbonyl (C=O) groups excluding carboxylic acids is 1. The Balaban J connectivity index is 1.32. The fraction of sp³-hybridized carbons (Fsp3) is 0.407. The molecule has 0 bridgehead atoms. The minimum Gasteiger partial charge on any atom is -0.379 e. The largest absolute Gasteiger partial charge is 0.379 e. The van der Waals surface area contributed by atoms with Gasteiger partial charge in [0.1, 0.15) is 0 Å². The molecule has 3 aromatic rings. The van der Waals surface area contributed by atoms with Crippen molar-refractivity contribution in [3.63, 3.8) is 0 Å². The van der Waals surface area contributed by atoms with Crippen LogP contribution in [0.2, 0.25) is 0 Å². The molecule has 2 aliphatic heterocycles. The van der Waals surface area contributed by atoms with Crippen molar-refractivity contribution in [3.8, 4) is 0 Å². The van der Waals surface area contributed by atoms with Crippen LogP contribution in [0.1, 0.15) is 21.5 Å². The van der Waals surface area contributed by atoms with Crippen LogP contribution in [-0.2, 0) is 22.4 Å². The number of morpholine rings is 1. The summed E-state index contributed by atoms with van der Waals surface area (Å²) in [5, 5.41) is 2.37. The lowest BCUT2D eigenvalue weighted by Crippen LogP contribution is -2.38. The number of carbonyl (C=O) groups is 1. The zero-order valence-electron chi connectivity index (χ0n) is 19.0. The number of benzene rings is 2. The van der Waals surface area contributed by atoms with E-state index in [0.717, 1.165) is 50.4 Å². The van der Waals surface area contributed by atoms with Crippen molar-refractivity contribution < 1.29 is 14.3 Å². The third-order valence-corrected chi connectivity index (χ3v) is 6.65. The number of pyridine rings is 1. The molecule has 0 spiro atoms. The van der Waals surface area contributed by atoms with Gasteiger partial charge < -0.3 is 14.4 Å². The molecular weight excluding hydrogens is 414 g/mol. The van der Waals surface area contributed by atoms with E-state index in [9.17, 15) is 4.79 Å². The van der Waals surface area contributed by atoms with Gasteiger partial charge in [0.05, 0.1) is 26.4 Å². The standard InChI is InChI=1S/C27H31N3O3/c31-27(25-7-2-1-4-24(25)19-29-10-13-32-14-11-29)30-12-15-33-20-21(18-30)16-23-6-3-5-22-8-9-28-17-26(22)23/h1-9,17,21H,10-16,18-20H2. The first-order chi connectivity index (χ1) is 16.3. The van der Waals surface area contributed by atoms with Crippen molar-refractivity contribution in [2.24, 2.45) is 5.92 Å². The molecule has 2 fully saturated rings. The van der Waals surface area contributed by atoms with Gasteiger partial charge in [-0.3, -0.25) is 14.7 Å². The quantitative estimate of drug-likeness (QED) is 0.603. The number of fused-ring (bicyclic) bond motifs is 1. The molecule has 6 heteroatoms. The second kappa shape index (κ2) is 10.4. The maximum atomic E-state index is 13.6. The van der Waals surface area contributed by atoms with Gasteiger partial charge in [0.15, 0.2) is 0 Å². The van der Waals surface area contributed by atoms with Gasteiger partial charge in [-0.1, -0.05) is 36.4 Å². The van der Waals surface area contributed by atoms with Crippen LogP contribution in [0.3, 0.4) is 0 Å². The van der Waals surface area contributed by atoms with Crippen LogP contribution >= 0.6 is 0 Å². The molecule has 2 saturated heterocycles. The number of hydrogen-bond donors (Lipinski definition) is 0. The monoisotopic (exact) mass is 445 g/mol. The summed E-state index contributed by atoms with van der Waals surface area (Å²) in [6.45, 7) is 6.66. The van der Waals surface area contributed by atoms with E-state index in [0.29, 0.717) is 26.3 Å². The third-order valence-electron chi connectivity index (χ3n) is 6.65. The highest BCUT2D eigenvalue weighted by Crippen LogP contribution is 2.23. The molecule has 172 valence electrons. The first-order valence-corrected chi connectivity index (χ1v) is 11.8. The molecule has 2 aromatic carbocycles. The molecule has 33 heavy (non-hydrogen) atoms. The summed E-state index contributed by atoms with van der Waals surface area (Å²) < 4.78 is 11.4. The summed E-state index contributed by atoms with van der Waals surface area (Å²) in [6.07, 6.45) is 4.63. The Morgan fingerprint density at radius 2 is 1.76 bits per heavy atom. The molecule has 1 aromatic heterocycles. The predicted molar refractivity (Wildman–Crippen MR) is 128 cm³/mol. The fourth-order valence-corrected chi connectivity index (χ4v) is 4.89. The third kappa shape index (κ3) is 5.24. The van der Waals surface area contributed by atoms with Crippen molar-refractivity contribution in [1.82, 2.24) is 14.8 Å². The van der Waals surface area contributed by atoms with E-state index in [2.05, 4.69) is 34.1 Å². The lowest BCUT2D eigenvalue weighted by molar-refractivity contribution is 0.0339. The Morgan fingerprint density at radius 1 is 0.939 bits per heavy atom. The van der Waals surface area contributed by atoms with Crippen molar-refractivity contribution in [1.29, 1.82) is 0 Å². The van der Waals surface area contributed by atoms with Crippen LogP contribution in [-0.4, -0.2) is 73.3 Å². The van der Waals surface area contributed by atoms with Crippen LogP contribution in [0.4, 0.5) is 0 Å². The summed E-state index contributed by atoms with van der Waals surface area (Å²) in [7, 11) is 0. The molecule has 1 unspecified atom stereocenters. The maximum Gasteiger partial charge on any atom is 0.254 e. The molecular formula is C27H31N3O3. The molecule has 0 radical (unpaired) electrons. The highest BCUT2D eigenvalue weighted by molar-refractivity contribution is 5.95. The Labute approximate surface area is 195 Å². The van der Waals surface area contributed by atoms with Crippen LogP contribution in [0.25, 0.3) is 10.8 Å². The van der Waals surface area contributed by atoms with Crippen molar-refractivity contribution in [3.05, 3.63) is 77.6 Å². The number of hydrogen-bond acceptors (Lipinski definition) is 5. The normalized spacial score (nSPS) is 20.0. The van der Waals surface area contributed by atoms with Crippen molar-refractivity contribution in [2.75, 3.05) is 52.6 Å². The molecule has 0 N–H and O–H groups in total. The van der Waals surface area contributed by atoms with E-state index in [1.165, 1.54) is 16.3 Å². The number of ether oxygens (including phenoxy) is 2. The summed E-state index contributed by atoms with van der Waals surface area (Å²) >= 11 is 0. The molecule has 0 aliphatic carbocycles. The Kier molecular flexibility index (Phi) is 6.95. The molecule has 1 atom stereocenters. The Bertz CT molecular complexity index is 1090. The maximum absolute atomic E-state index is 13.6. The minimum absolute atomic E-state index is 0.106. The highest BCUT2D eigenvalue weighted by Gasteiger charge is 2.26.